The van der Waals surface area contributed by atoms with Crippen LogP contribution in [-0.4, -0.2) is 65.3 Å². The summed E-state index contributed by atoms with van der Waals surface area (Å²) < 4.78 is 0. The Balaban J connectivity index is 2.31. The summed E-state index contributed by atoms with van der Waals surface area (Å²) >= 11 is 0. The molecule has 0 aliphatic carbocycles. The molecule has 4 N–H and O–H groups in total. The van der Waals surface area contributed by atoms with Gasteiger partial charge in [0, 0.05) is 13.1 Å². The second kappa shape index (κ2) is 7.68. The molecule has 0 bridgehead atoms. The maximum absolute atomic E-state index is 11.6. The van der Waals surface area contributed by atoms with E-state index >= 15 is 0 Å². The quantitative estimate of drug-likeness (QED) is 0.504. The largest absolute Gasteiger partial charge is 0.481 e. The Morgan fingerprint density at radius 3 is 2.55 bits per heavy atom. The van der Waals surface area contributed by atoms with E-state index in [-0.39, 0.29) is 0 Å². The van der Waals surface area contributed by atoms with Crippen LogP contribution < -0.4 is 10.6 Å². The third-order valence-electron chi connectivity index (χ3n) is 3.35. The third kappa shape index (κ3) is 5.43. The van der Waals surface area contributed by atoms with Crippen molar-refractivity contribution in [2.24, 2.45) is 5.92 Å². The Morgan fingerprint density at radius 2 is 2.05 bits per heavy atom. The molecule has 1 aliphatic rings. The molecule has 1 aliphatic heterocycles. The first-order valence-corrected chi connectivity index (χ1v) is 6.63. The minimum absolute atomic E-state index is 0.350. The molecular weight excluding hydrogens is 266 g/mol. The first-order valence-electron chi connectivity index (χ1n) is 6.63. The molecule has 1 heterocycles. The van der Waals surface area contributed by atoms with Gasteiger partial charge in [-0.3, -0.25) is 4.79 Å². The molecule has 1 saturated heterocycles. The summed E-state index contributed by atoms with van der Waals surface area (Å²) in [7, 11) is 0. The lowest BCUT2D eigenvalue weighted by Crippen LogP contribution is -2.48. The summed E-state index contributed by atoms with van der Waals surface area (Å²) in [5, 5.41) is 22.1. The molecule has 0 saturated carbocycles. The van der Waals surface area contributed by atoms with Crippen molar-refractivity contribution in [3.05, 3.63) is 0 Å². The van der Waals surface area contributed by atoms with E-state index in [0.29, 0.717) is 12.5 Å². The lowest BCUT2D eigenvalue weighted by atomic mass is 10.1. The van der Waals surface area contributed by atoms with E-state index in [0.717, 1.165) is 26.1 Å². The number of carbonyl (C=O) groups excluding carboxylic acids is 1. The Hall–Kier alpha value is -1.83. The highest BCUT2D eigenvalue weighted by Gasteiger charge is 2.24. The zero-order chi connectivity index (χ0) is 15.1. The van der Waals surface area contributed by atoms with E-state index in [1.807, 2.05) is 0 Å². The van der Waals surface area contributed by atoms with Gasteiger partial charge in [0.25, 0.3) is 0 Å². The fraction of sp³-hybridized carbons (Fsp3) is 0.750. The van der Waals surface area contributed by atoms with Crippen LogP contribution in [0.15, 0.2) is 0 Å². The molecule has 2 amide bonds. The first-order chi connectivity index (χ1) is 9.42. The number of carboxylic acid groups (broad SMARTS) is 2. The van der Waals surface area contributed by atoms with Crippen molar-refractivity contribution in [1.82, 2.24) is 15.5 Å². The number of carbonyl (C=O) groups is 3. The first kappa shape index (κ1) is 16.2. The lowest BCUT2D eigenvalue weighted by Gasteiger charge is -2.16. The van der Waals surface area contributed by atoms with Gasteiger partial charge in [0.05, 0.1) is 6.42 Å². The van der Waals surface area contributed by atoms with Crippen LogP contribution >= 0.6 is 0 Å². The van der Waals surface area contributed by atoms with Gasteiger partial charge >= 0.3 is 18.0 Å². The fourth-order valence-corrected chi connectivity index (χ4v) is 2.19. The second-order valence-corrected chi connectivity index (χ2v) is 4.89. The molecule has 0 spiro atoms. The summed E-state index contributed by atoms with van der Waals surface area (Å²) in [6.07, 6.45) is 0.349. The SMILES string of the molecule is CCN1CCC(CNC(=O)N[C@H](CC(=O)O)C(=O)O)C1. The van der Waals surface area contributed by atoms with Gasteiger partial charge in [0.15, 0.2) is 0 Å². The Kier molecular flexibility index (Phi) is 6.23. The summed E-state index contributed by atoms with van der Waals surface area (Å²) in [4.78, 5) is 35.1. The number of carboxylic acids is 2. The van der Waals surface area contributed by atoms with Crippen molar-refractivity contribution >= 4 is 18.0 Å². The van der Waals surface area contributed by atoms with Crippen molar-refractivity contribution in [3.8, 4) is 0 Å². The summed E-state index contributed by atoms with van der Waals surface area (Å²) in [5.74, 6) is -2.28. The second-order valence-electron chi connectivity index (χ2n) is 4.89. The monoisotopic (exact) mass is 287 g/mol. The number of likely N-dealkylation sites (tertiary alicyclic amines) is 1. The Bertz CT molecular complexity index is 374. The normalized spacial score (nSPS) is 20.4. The van der Waals surface area contributed by atoms with E-state index in [1.54, 1.807) is 0 Å². The van der Waals surface area contributed by atoms with Gasteiger partial charge in [-0.25, -0.2) is 9.59 Å². The Morgan fingerprint density at radius 1 is 1.35 bits per heavy atom. The minimum atomic E-state index is -1.41. The highest BCUT2D eigenvalue weighted by Crippen LogP contribution is 2.14. The minimum Gasteiger partial charge on any atom is -0.481 e. The number of rotatable bonds is 7. The molecule has 114 valence electrons. The van der Waals surface area contributed by atoms with Crippen molar-refractivity contribution in [1.29, 1.82) is 0 Å². The van der Waals surface area contributed by atoms with E-state index in [2.05, 4.69) is 22.5 Å². The van der Waals surface area contributed by atoms with E-state index in [9.17, 15) is 14.4 Å². The van der Waals surface area contributed by atoms with Crippen LogP contribution in [0.1, 0.15) is 19.8 Å². The average Bonchev–Trinajstić information content (AvgIpc) is 2.83. The summed E-state index contributed by atoms with van der Waals surface area (Å²) in [6.45, 7) is 5.42. The predicted octanol–water partition coefficient (Wildman–Crippen LogP) is -0.445. The fourth-order valence-electron chi connectivity index (χ4n) is 2.19. The van der Waals surface area contributed by atoms with Crippen molar-refractivity contribution in [2.45, 2.75) is 25.8 Å². The van der Waals surface area contributed by atoms with Gasteiger partial charge in [-0.15, -0.1) is 0 Å². The van der Waals surface area contributed by atoms with Gasteiger partial charge in [-0.2, -0.15) is 0 Å². The lowest BCUT2D eigenvalue weighted by molar-refractivity contribution is -0.145. The summed E-state index contributed by atoms with van der Waals surface area (Å²) in [5.41, 5.74) is 0. The highest BCUT2D eigenvalue weighted by molar-refractivity contribution is 5.86. The van der Waals surface area contributed by atoms with Crippen molar-refractivity contribution < 1.29 is 24.6 Å². The zero-order valence-electron chi connectivity index (χ0n) is 11.5. The molecule has 8 nitrogen and oxygen atoms in total. The van der Waals surface area contributed by atoms with Crippen LogP contribution in [0.4, 0.5) is 4.79 Å². The molecule has 20 heavy (non-hydrogen) atoms. The predicted molar refractivity (Wildman–Crippen MR) is 70.4 cm³/mol. The van der Waals surface area contributed by atoms with Crippen molar-refractivity contribution in [3.63, 3.8) is 0 Å². The molecule has 1 fully saturated rings. The van der Waals surface area contributed by atoms with Gasteiger partial charge in [-0.05, 0) is 25.4 Å². The van der Waals surface area contributed by atoms with Crippen LogP contribution in [0.5, 0.6) is 0 Å². The zero-order valence-corrected chi connectivity index (χ0v) is 11.5. The maximum atomic E-state index is 11.6. The van der Waals surface area contributed by atoms with Gasteiger partial charge in [0.2, 0.25) is 0 Å². The highest BCUT2D eigenvalue weighted by atomic mass is 16.4. The number of urea groups is 1. The molecule has 0 radical (unpaired) electrons. The number of amides is 2. The number of hydrogen-bond acceptors (Lipinski definition) is 4. The molecule has 8 heteroatoms. The van der Waals surface area contributed by atoms with Crippen LogP contribution in [0.2, 0.25) is 0 Å². The van der Waals surface area contributed by atoms with E-state index in [4.69, 9.17) is 10.2 Å². The topological polar surface area (TPSA) is 119 Å². The van der Waals surface area contributed by atoms with Crippen LogP contribution in [0.3, 0.4) is 0 Å². The Labute approximate surface area is 117 Å². The molecule has 1 rings (SSSR count). The van der Waals surface area contributed by atoms with Gasteiger partial charge in [0.1, 0.15) is 6.04 Å². The smallest absolute Gasteiger partial charge is 0.326 e. The average molecular weight is 287 g/mol. The molecule has 1 unspecified atom stereocenters. The molecule has 0 aromatic heterocycles. The number of hydrogen-bond donors (Lipinski definition) is 4. The third-order valence-corrected chi connectivity index (χ3v) is 3.35. The van der Waals surface area contributed by atoms with E-state index in [1.165, 1.54) is 0 Å². The maximum Gasteiger partial charge on any atom is 0.326 e. The van der Waals surface area contributed by atoms with Crippen molar-refractivity contribution in [2.75, 3.05) is 26.2 Å². The molecule has 0 aromatic rings. The van der Waals surface area contributed by atoms with Crippen LogP contribution in [-0.2, 0) is 9.59 Å². The standard InChI is InChI=1S/C12H21N3O5/c1-2-15-4-3-8(7-15)6-13-12(20)14-9(11(18)19)5-10(16)17/h8-9H,2-7H2,1H3,(H,16,17)(H,18,19)(H2,13,14,20)/t8?,9-/m1/s1. The van der Waals surface area contributed by atoms with Gasteiger partial charge < -0.3 is 25.7 Å². The van der Waals surface area contributed by atoms with Gasteiger partial charge in [-0.1, -0.05) is 6.92 Å². The molecule has 0 aromatic carbocycles. The van der Waals surface area contributed by atoms with E-state index < -0.39 is 30.4 Å². The number of aliphatic carboxylic acids is 2. The number of nitrogens with one attached hydrogen (secondary N) is 2. The van der Waals surface area contributed by atoms with Crippen LogP contribution in [0.25, 0.3) is 0 Å². The number of nitrogens with zero attached hydrogens (tertiary/aromatic N) is 1. The molecular formula is C12H21N3O5. The summed E-state index contributed by atoms with van der Waals surface area (Å²) in [6, 6.07) is -2.06. The molecule has 2 atom stereocenters. The van der Waals surface area contributed by atoms with Crippen LogP contribution in [0, 0.1) is 5.92 Å².